The Morgan fingerprint density at radius 1 is 1.10 bits per heavy atom. The van der Waals surface area contributed by atoms with Gasteiger partial charge in [-0.2, -0.15) is 0 Å². The summed E-state index contributed by atoms with van der Waals surface area (Å²) in [6, 6.07) is 12.3. The van der Waals surface area contributed by atoms with Crippen molar-refractivity contribution in [3.8, 4) is 0 Å². The van der Waals surface area contributed by atoms with Gasteiger partial charge in [0.2, 0.25) is 0 Å². The Balaban J connectivity index is 1.72. The quantitative estimate of drug-likeness (QED) is 0.512. The predicted molar refractivity (Wildman–Crippen MR) is 124 cm³/mol. The van der Waals surface area contributed by atoms with Crippen LogP contribution in [0, 0.1) is 17.6 Å². The van der Waals surface area contributed by atoms with Crippen molar-refractivity contribution in [2.45, 2.75) is 70.9 Å². The lowest BCUT2D eigenvalue weighted by Crippen LogP contribution is -2.48. The number of hydrogen-bond acceptors (Lipinski definition) is 2. The third-order valence-corrected chi connectivity index (χ3v) is 6.80. The molecule has 4 heteroatoms. The highest BCUT2D eigenvalue weighted by Crippen LogP contribution is 2.38. The van der Waals surface area contributed by atoms with Crippen molar-refractivity contribution in [3.63, 3.8) is 0 Å². The zero-order valence-corrected chi connectivity index (χ0v) is 18.9. The molecular formula is C27H35F2NO. The molecule has 31 heavy (non-hydrogen) atoms. The summed E-state index contributed by atoms with van der Waals surface area (Å²) in [5.41, 5.74) is 4.19. The molecule has 0 bridgehead atoms. The maximum Gasteiger partial charge on any atom is 0.126 e. The summed E-state index contributed by atoms with van der Waals surface area (Å²) in [6.07, 6.45) is 7.60. The molecule has 0 aliphatic heterocycles. The van der Waals surface area contributed by atoms with Crippen LogP contribution in [-0.4, -0.2) is 17.8 Å². The summed E-state index contributed by atoms with van der Waals surface area (Å²) in [6.45, 7) is 6.56. The van der Waals surface area contributed by atoms with Crippen LogP contribution in [0.1, 0.15) is 69.6 Å². The van der Waals surface area contributed by atoms with Crippen molar-refractivity contribution < 1.29 is 13.9 Å². The van der Waals surface area contributed by atoms with E-state index in [-0.39, 0.29) is 11.5 Å². The van der Waals surface area contributed by atoms with Crippen LogP contribution in [0.15, 0.2) is 48.5 Å². The number of allylic oxidation sites excluding steroid dienone is 2. The summed E-state index contributed by atoms with van der Waals surface area (Å²) >= 11 is 0. The number of aliphatic hydroxyl groups is 1. The lowest BCUT2D eigenvalue weighted by molar-refractivity contribution is 0.0947. The van der Waals surface area contributed by atoms with E-state index in [9.17, 15) is 13.9 Å². The van der Waals surface area contributed by atoms with Crippen molar-refractivity contribution in [1.29, 1.82) is 0 Å². The van der Waals surface area contributed by atoms with Crippen molar-refractivity contribution in [1.82, 2.24) is 5.32 Å². The summed E-state index contributed by atoms with van der Waals surface area (Å²) in [7, 11) is 0. The van der Waals surface area contributed by atoms with Crippen LogP contribution in [0.5, 0.6) is 0 Å². The van der Waals surface area contributed by atoms with Gasteiger partial charge in [-0.05, 0) is 79.5 Å². The summed E-state index contributed by atoms with van der Waals surface area (Å²) in [5.74, 6) is -1.27. The molecule has 0 amide bonds. The molecule has 2 aromatic rings. The highest BCUT2D eigenvalue weighted by molar-refractivity contribution is 5.64. The molecule has 0 saturated heterocycles. The minimum atomic E-state index is -0.606. The van der Waals surface area contributed by atoms with E-state index in [1.54, 1.807) is 0 Å². The molecule has 1 fully saturated rings. The topological polar surface area (TPSA) is 32.3 Å². The predicted octanol–water partition coefficient (Wildman–Crippen LogP) is 6.38. The fourth-order valence-electron chi connectivity index (χ4n) is 4.69. The molecule has 0 radical (unpaired) electrons. The normalized spacial score (nSPS) is 18.6. The van der Waals surface area contributed by atoms with Gasteiger partial charge in [0.1, 0.15) is 11.6 Å². The van der Waals surface area contributed by atoms with Gasteiger partial charge in [-0.15, -0.1) is 0 Å². The average Bonchev–Trinajstić information content (AvgIpc) is 2.77. The van der Waals surface area contributed by atoms with Crippen LogP contribution in [-0.2, 0) is 12.0 Å². The van der Waals surface area contributed by atoms with Gasteiger partial charge < -0.3 is 10.4 Å². The zero-order valence-electron chi connectivity index (χ0n) is 18.9. The van der Waals surface area contributed by atoms with E-state index in [0.29, 0.717) is 18.5 Å². The van der Waals surface area contributed by atoms with E-state index in [0.717, 1.165) is 31.7 Å². The van der Waals surface area contributed by atoms with Crippen molar-refractivity contribution in [3.05, 3.63) is 76.9 Å². The van der Waals surface area contributed by atoms with Crippen molar-refractivity contribution in [2.75, 3.05) is 6.54 Å². The molecule has 1 aliphatic carbocycles. The molecule has 1 saturated carbocycles. The lowest BCUT2D eigenvalue weighted by Gasteiger charge is -2.40. The molecule has 2 aromatic carbocycles. The largest absolute Gasteiger partial charge is 0.392 e. The van der Waals surface area contributed by atoms with E-state index in [1.165, 1.54) is 35.3 Å². The molecule has 3 rings (SSSR count). The first-order valence-corrected chi connectivity index (χ1v) is 11.4. The molecule has 1 aliphatic rings. The van der Waals surface area contributed by atoms with Gasteiger partial charge in [0.15, 0.2) is 0 Å². The van der Waals surface area contributed by atoms with Gasteiger partial charge in [0, 0.05) is 18.2 Å². The third-order valence-electron chi connectivity index (χ3n) is 6.80. The van der Waals surface area contributed by atoms with Gasteiger partial charge in [-0.1, -0.05) is 50.5 Å². The van der Waals surface area contributed by atoms with E-state index in [1.807, 2.05) is 6.92 Å². The van der Waals surface area contributed by atoms with E-state index in [4.69, 9.17) is 0 Å². The highest BCUT2D eigenvalue weighted by Gasteiger charge is 2.34. The summed E-state index contributed by atoms with van der Waals surface area (Å²) in [5, 5.41) is 14.5. The van der Waals surface area contributed by atoms with Crippen molar-refractivity contribution in [2.24, 2.45) is 5.92 Å². The van der Waals surface area contributed by atoms with E-state index >= 15 is 0 Å². The van der Waals surface area contributed by atoms with Crippen LogP contribution >= 0.6 is 0 Å². The number of nitrogens with one attached hydrogen (secondary N) is 1. The standard InChI is InChI=1S/C27H35F2NO/c1-4-19(2)22-9-8-10-23(16-22)27(11-6-5-7-12-27)30-18-26(31)20(3)13-21-14-24(28)17-25(29)15-21/h4,8-10,14-17,20,26,30-31H,5-7,11-13,18H2,1-3H3. The average molecular weight is 428 g/mol. The highest BCUT2D eigenvalue weighted by atomic mass is 19.1. The number of benzene rings is 2. The minimum absolute atomic E-state index is 0.119. The molecule has 2 N–H and O–H groups in total. The summed E-state index contributed by atoms with van der Waals surface area (Å²) in [4.78, 5) is 0. The van der Waals surface area contributed by atoms with Crippen LogP contribution in [0.25, 0.3) is 5.57 Å². The lowest BCUT2D eigenvalue weighted by atomic mass is 9.75. The van der Waals surface area contributed by atoms with Crippen LogP contribution < -0.4 is 5.32 Å². The Kier molecular flexibility index (Phi) is 8.01. The number of hydrogen-bond donors (Lipinski definition) is 2. The monoisotopic (exact) mass is 427 g/mol. The number of aliphatic hydroxyl groups excluding tert-OH is 1. The Bertz CT molecular complexity index is 882. The Morgan fingerprint density at radius 3 is 2.42 bits per heavy atom. The van der Waals surface area contributed by atoms with Crippen LogP contribution in [0.3, 0.4) is 0 Å². The third kappa shape index (κ3) is 6.02. The Hall–Kier alpha value is -2.04. The minimum Gasteiger partial charge on any atom is -0.392 e. The maximum atomic E-state index is 13.5. The smallest absolute Gasteiger partial charge is 0.126 e. The van der Waals surface area contributed by atoms with Gasteiger partial charge >= 0.3 is 0 Å². The molecule has 2 nitrogen and oxygen atoms in total. The van der Waals surface area contributed by atoms with Gasteiger partial charge in [-0.3, -0.25) is 0 Å². The first-order valence-electron chi connectivity index (χ1n) is 11.4. The van der Waals surface area contributed by atoms with Crippen LogP contribution in [0.4, 0.5) is 8.78 Å². The fraction of sp³-hybridized carbons (Fsp3) is 0.481. The van der Waals surface area contributed by atoms with Gasteiger partial charge in [-0.25, -0.2) is 8.78 Å². The molecule has 0 aromatic heterocycles. The summed E-state index contributed by atoms with van der Waals surface area (Å²) < 4.78 is 27.0. The maximum absolute atomic E-state index is 13.5. The number of rotatable bonds is 8. The van der Waals surface area contributed by atoms with Gasteiger partial charge in [0.25, 0.3) is 0 Å². The molecular weight excluding hydrogens is 392 g/mol. The fourth-order valence-corrected chi connectivity index (χ4v) is 4.69. The molecule has 168 valence electrons. The second-order valence-corrected chi connectivity index (χ2v) is 9.10. The molecule has 0 heterocycles. The van der Waals surface area contributed by atoms with Crippen molar-refractivity contribution >= 4 is 5.57 Å². The SMILES string of the molecule is CC=C(C)c1cccc(C2(NCC(O)C(C)Cc3cc(F)cc(F)c3)CCCCC2)c1. The van der Waals surface area contributed by atoms with Gasteiger partial charge in [0.05, 0.1) is 6.10 Å². The zero-order chi connectivity index (χ0) is 22.4. The molecule has 0 spiro atoms. The molecule has 2 unspecified atom stereocenters. The second-order valence-electron chi connectivity index (χ2n) is 9.10. The molecule has 2 atom stereocenters. The van der Waals surface area contributed by atoms with Crippen LogP contribution in [0.2, 0.25) is 0 Å². The Morgan fingerprint density at radius 2 is 1.77 bits per heavy atom. The second kappa shape index (κ2) is 10.5. The first kappa shape index (κ1) is 23.6. The van der Waals surface area contributed by atoms with E-state index in [2.05, 4.69) is 49.5 Å². The Labute approximate surface area is 185 Å². The first-order chi connectivity index (χ1) is 14.8. The number of halogens is 2. The van der Waals surface area contributed by atoms with E-state index < -0.39 is 17.7 Å².